The Hall–Kier alpha value is -4.42. The van der Waals surface area contributed by atoms with Crippen LogP contribution in [-0.2, 0) is 35.5 Å². The van der Waals surface area contributed by atoms with Crippen molar-refractivity contribution < 1.29 is 14.3 Å². The molecule has 0 aliphatic carbocycles. The summed E-state index contributed by atoms with van der Waals surface area (Å²) >= 11 is 1.69. The van der Waals surface area contributed by atoms with Crippen LogP contribution in [-0.4, -0.2) is 24.6 Å². The number of carbonyl (C=O) groups is 1. The van der Waals surface area contributed by atoms with Crippen molar-refractivity contribution in [1.29, 1.82) is 0 Å². The topological polar surface area (TPSA) is 51.7 Å². The normalized spacial score (nSPS) is 10.8. The number of thiazole rings is 1. The van der Waals surface area contributed by atoms with Gasteiger partial charge in [0.05, 0.1) is 12.8 Å². The minimum Gasteiger partial charge on any atom is -0.489 e. The predicted octanol–water partition coefficient (Wildman–Crippen LogP) is 7.74. The number of benzene rings is 4. The fraction of sp³-hybridized carbons (Fsp3) is 0.200. The third kappa shape index (κ3) is 8.29. The Labute approximate surface area is 246 Å². The molecule has 0 radical (unpaired) electrons. The van der Waals surface area contributed by atoms with Gasteiger partial charge in [-0.3, -0.25) is 4.79 Å². The van der Waals surface area contributed by atoms with E-state index in [0.717, 1.165) is 52.8 Å². The Morgan fingerprint density at radius 1 is 0.756 bits per heavy atom. The number of aromatic nitrogens is 1. The quantitative estimate of drug-likeness (QED) is 0.137. The summed E-state index contributed by atoms with van der Waals surface area (Å²) in [5.41, 5.74) is 6.90. The van der Waals surface area contributed by atoms with Gasteiger partial charge in [0.15, 0.2) is 5.13 Å². The molecule has 1 heterocycles. The summed E-state index contributed by atoms with van der Waals surface area (Å²) < 4.78 is 10.7. The molecule has 5 rings (SSSR count). The van der Waals surface area contributed by atoms with E-state index in [-0.39, 0.29) is 5.97 Å². The van der Waals surface area contributed by atoms with Crippen molar-refractivity contribution in [2.24, 2.45) is 0 Å². The fourth-order valence-corrected chi connectivity index (χ4v) is 5.39. The fourth-order valence-electron chi connectivity index (χ4n) is 4.53. The maximum absolute atomic E-state index is 11.4. The first-order chi connectivity index (χ1) is 20.2. The lowest BCUT2D eigenvalue weighted by molar-refractivity contribution is -0.140. The molecule has 41 heavy (non-hydrogen) atoms. The zero-order chi connectivity index (χ0) is 28.3. The Morgan fingerprint density at radius 2 is 1.39 bits per heavy atom. The van der Waals surface area contributed by atoms with Gasteiger partial charge in [-0.05, 0) is 47.2 Å². The zero-order valence-corrected chi connectivity index (χ0v) is 24.1. The first-order valence-corrected chi connectivity index (χ1v) is 14.7. The summed E-state index contributed by atoms with van der Waals surface area (Å²) in [7, 11) is 1.41. The molecule has 0 bridgehead atoms. The number of hydrogen-bond acceptors (Lipinski definition) is 6. The lowest BCUT2D eigenvalue weighted by Crippen LogP contribution is -2.25. The molecule has 0 spiro atoms. The summed E-state index contributed by atoms with van der Waals surface area (Å²) in [6.45, 7) is 2.15. The number of hydrogen-bond donors (Lipinski definition) is 0. The lowest BCUT2D eigenvalue weighted by Gasteiger charge is -2.22. The molecule has 6 heteroatoms. The molecule has 0 unspecified atom stereocenters. The van der Waals surface area contributed by atoms with Gasteiger partial charge in [0, 0.05) is 30.5 Å². The van der Waals surface area contributed by atoms with Crippen molar-refractivity contribution in [2.45, 2.75) is 32.4 Å². The van der Waals surface area contributed by atoms with Crippen LogP contribution in [0.3, 0.4) is 0 Å². The molecule has 0 aliphatic rings. The first-order valence-electron chi connectivity index (χ1n) is 13.8. The van der Waals surface area contributed by atoms with E-state index in [9.17, 15) is 4.79 Å². The molecule has 0 atom stereocenters. The molecule has 0 aliphatic heterocycles. The summed E-state index contributed by atoms with van der Waals surface area (Å²) in [5.74, 6) is 0.609. The molecule has 1 aromatic heterocycles. The van der Waals surface area contributed by atoms with Gasteiger partial charge < -0.3 is 14.4 Å². The number of rotatable bonds is 13. The third-order valence-corrected chi connectivity index (χ3v) is 7.82. The second-order valence-corrected chi connectivity index (χ2v) is 10.7. The largest absolute Gasteiger partial charge is 0.489 e. The Kier molecular flexibility index (Phi) is 9.80. The van der Waals surface area contributed by atoms with Gasteiger partial charge in [-0.25, -0.2) is 4.98 Å². The smallest absolute Gasteiger partial charge is 0.305 e. The van der Waals surface area contributed by atoms with Crippen LogP contribution >= 0.6 is 11.3 Å². The van der Waals surface area contributed by atoms with Crippen LogP contribution in [0.4, 0.5) is 5.13 Å². The van der Waals surface area contributed by atoms with Crippen LogP contribution in [0.2, 0.25) is 0 Å². The van der Waals surface area contributed by atoms with Crippen LogP contribution in [0, 0.1) is 0 Å². The monoisotopic (exact) mass is 562 g/mol. The average molecular weight is 563 g/mol. The molecule has 0 saturated carbocycles. The van der Waals surface area contributed by atoms with Gasteiger partial charge in [-0.2, -0.15) is 0 Å². The number of anilines is 1. The van der Waals surface area contributed by atoms with Gasteiger partial charge in [0.2, 0.25) is 0 Å². The second-order valence-electron chi connectivity index (χ2n) is 9.86. The zero-order valence-electron chi connectivity index (χ0n) is 23.2. The molecule has 5 nitrogen and oxygen atoms in total. The minimum atomic E-state index is -0.198. The molecular formula is C35H34N2O3S. The van der Waals surface area contributed by atoms with E-state index in [1.54, 1.807) is 11.3 Å². The number of carbonyl (C=O) groups excluding carboxylic acids is 1. The molecule has 5 aromatic rings. The van der Waals surface area contributed by atoms with E-state index in [1.165, 1.54) is 18.2 Å². The van der Waals surface area contributed by atoms with Crippen LogP contribution in [0.15, 0.2) is 115 Å². The first kappa shape index (κ1) is 28.1. The van der Waals surface area contributed by atoms with Crippen LogP contribution < -0.4 is 9.64 Å². The van der Waals surface area contributed by atoms with Crippen molar-refractivity contribution in [3.63, 3.8) is 0 Å². The van der Waals surface area contributed by atoms with Gasteiger partial charge in [-0.1, -0.05) is 97.1 Å². The molecule has 4 aromatic carbocycles. The second kappa shape index (κ2) is 14.3. The van der Waals surface area contributed by atoms with Crippen molar-refractivity contribution in [3.8, 4) is 17.0 Å². The van der Waals surface area contributed by atoms with E-state index in [2.05, 4.69) is 89.1 Å². The van der Waals surface area contributed by atoms with E-state index >= 15 is 0 Å². The predicted molar refractivity (Wildman–Crippen MR) is 166 cm³/mol. The molecule has 0 fully saturated rings. The summed E-state index contributed by atoms with van der Waals surface area (Å²) in [6.07, 6.45) is 1.99. The SMILES string of the molecule is COC(=O)CCc1ccc(OCc2ccc(CN(CCc3ccccc3)c3nc(-c4ccccc4)cs3)cc2)cc1. The number of aryl methyl sites for hydroxylation is 1. The highest BCUT2D eigenvalue weighted by atomic mass is 32.1. The number of nitrogens with zero attached hydrogens (tertiary/aromatic N) is 2. The molecule has 0 amide bonds. The van der Waals surface area contributed by atoms with Crippen molar-refractivity contribution in [1.82, 2.24) is 4.98 Å². The average Bonchev–Trinajstić information content (AvgIpc) is 3.53. The van der Waals surface area contributed by atoms with Gasteiger partial charge in [-0.15, -0.1) is 11.3 Å². The van der Waals surface area contributed by atoms with E-state index < -0.39 is 0 Å². The highest BCUT2D eigenvalue weighted by Gasteiger charge is 2.14. The lowest BCUT2D eigenvalue weighted by atomic mass is 10.1. The Balaban J connectivity index is 1.21. The van der Waals surface area contributed by atoms with E-state index in [1.807, 2.05) is 30.3 Å². The van der Waals surface area contributed by atoms with Gasteiger partial charge in [0.25, 0.3) is 0 Å². The Morgan fingerprint density at radius 3 is 2.10 bits per heavy atom. The summed E-state index contributed by atoms with van der Waals surface area (Å²) in [5, 5.41) is 3.17. The van der Waals surface area contributed by atoms with Gasteiger partial charge in [0.1, 0.15) is 12.4 Å². The number of esters is 1. The van der Waals surface area contributed by atoms with E-state index in [4.69, 9.17) is 14.5 Å². The van der Waals surface area contributed by atoms with Crippen molar-refractivity contribution in [3.05, 3.63) is 137 Å². The number of ether oxygens (including phenoxy) is 2. The maximum Gasteiger partial charge on any atom is 0.305 e. The van der Waals surface area contributed by atoms with Crippen molar-refractivity contribution in [2.75, 3.05) is 18.6 Å². The maximum atomic E-state index is 11.4. The van der Waals surface area contributed by atoms with Gasteiger partial charge >= 0.3 is 5.97 Å². The van der Waals surface area contributed by atoms with Crippen molar-refractivity contribution >= 4 is 22.4 Å². The molecule has 0 saturated heterocycles. The minimum absolute atomic E-state index is 0.198. The highest BCUT2D eigenvalue weighted by Crippen LogP contribution is 2.29. The Bertz CT molecular complexity index is 1500. The van der Waals surface area contributed by atoms with Crippen LogP contribution in [0.25, 0.3) is 11.3 Å². The molecule has 208 valence electrons. The standard InChI is InChI=1S/C35H34N2O3S/c1-39-34(38)21-18-28-16-19-32(20-17-28)40-25-30-14-12-29(13-15-30)24-37(23-22-27-8-4-2-5-9-27)35-36-33(26-41-35)31-10-6-3-7-11-31/h2-17,19-20,26H,18,21-25H2,1H3. The highest BCUT2D eigenvalue weighted by molar-refractivity contribution is 7.14. The number of methoxy groups -OCH3 is 1. The third-order valence-electron chi connectivity index (χ3n) is 6.92. The van der Waals surface area contributed by atoms with Crippen LogP contribution in [0.1, 0.15) is 28.7 Å². The summed E-state index contributed by atoms with van der Waals surface area (Å²) in [6, 6.07) is 37.4. The van der Waals surface area contributed by atoms with Crippen LogP contribution in [0.5, 0.6) is 5.75 Å². The molecule has 0 N–H and O–H groups in total. The van der Waals surface area contributed by atoms with E-state index in [0.29, 0.717) is 19.4 Å². The molecular weight excluding hydrogens is 528 g/mol. The summed E-state index contributed by atoms with van der Waals surface area (Å²) in [4.78, 5) is 18.7.